The molecule has 0 bridgehead atoms. The third-order valence-electron chi connectivity index (χ3n) is 2.48. The average molecular weight is 325 g/mol. The second-order valence-corrected chi connectivity index (χ2v) is 8.70. The largest absolute Gasteiger partial charge is 0.228 e. The van der Waals surface area contributed by atoms with E-state index in [1.165, 1.54) is 8.61 Å². The molecule has 6 nitrogen and oxygen atoms in total. The van der Waals surface area contributed by atoms with Gasteiger partial charge in [0.1, 0.15) is 10.4 Å². The summed E-state index contributed by atoms with van der Waals surface area (Å²) in [5.74, 6) is 0. The van der Waals surface area contributed by atoms with Crippen molar-refractivity contribution in [2.24, 2.45) is 0 Å². The van der Waals surface area contributed by atoms with Crippen molar-refractivity contribution in [3.63, 3.8) is 0 Å². The summed E-state index contributed by atoms with van der Waals surface area (Å²) in [6.45, 7) is 0.795. The van der Waals surface area contributed by atoms with Crippen molar-refractivity contribution >= 4 is 43.2 Å². The molecule has 0 atom stereocenters. The van der Waals surface area contributed by atoms with Gasteiger partial charge in [0.15, 0.2) is 0 Å². The lowest BCUT2D eigenvalue weighted by Crippen LogP contribution is -2.38. The van der Waals surface area contributed by atoms with E-state index in [-0.39, 0.29) is 26.2 Å². The maximum absolute atomic E-state index is 11.5. The molecule has 1 rings (SSSR count). The van der Waals surface area contributed by atoms with Crippen LogP contribution in [0.2, 0.25) is 0 Å². The fourth-order valence-electron chi connectivity index (χ4n) is 1.56. The number of sulfonamides is 2. The van der Waals surface area contributed by atoms with Crippen LogP contribution in [0.3, 0.4) is 0 Å². The standard InChI is InChI=1S/C7H14Cl2N2O4S2/c8-6-16(12,13)10-2-1-3-11(5-4-10)17(14,15)7-9/h1-7H2. The Bertz CT molecular complexity index is 408. The maximum atomic E-state index is 11.5. The van der Waals surface area contributed by atoms with Crippen molar-refractivity contribution < 1.29 is 16.8 Å². The molecule has 0 amide bonds. The molecular weight excluding hydrogens is 311 g/mol. The molecule has 0 aliphatic carbocycles. The highest BCUT2D eigenvalue weighted by molar-refractivity contribution is 7.90. The molecule has 1 aliphatic rings. The van der Waals surface area contributed by atoms with E-state index in [1.807, 2.05) is 0 Å². The maximum Gasteiger partial charge on any atom is 0.228 e. The zero-order valence-electron chi connectivity index (χ0n) is 9.05. The van der Waals surface area contributed by atoms with Crippen molar-refractivity contribution in [1.82, 2.24) is 8.61 Å². The lowest BCUT2D eigenvalue weighted by atomic mass is 10.4. The Morgan fingerprint density at radius 1 is 0.765 bits per heavy atom. The van der Waals surface area contributed by atoms with E-state index in [4.69, 9.17) is 23.2 Å². The summed E-state index contributed by atoms with van der Waals surface area (Å²) < 4.78 is 48.6. The highest BCUT2D eigenvalue weighted by atomic mass is 35.5. The van der Waals surface area contributed by atoms with Crippen molar-refractivity contribution in [1.29, 1.82) is 0 Å². The molecule has 0 unspecified atom stereocenters. The predicted octanol–water partition coefficient (Wildman–Crippen LogP) is 0.0463. The Kier molecular flexibility index (Phi) is 5.48. The summed E-state index contributed by atoms with van der Waals surface area (Å²) in [6, 6.07) is 0. The molecule has 0 aromatic rings. The van der Waals surface area contributed by atoms with Crippen LogP contribution in [-0.2, 0) is 20.0 Å². The first-order chi connectivity index (χ1) is 7.83. The van der Waals surface area contributed by atoms with Crippen LogP contribution in [-0.4, -0.2) is 62.0 Å². The molecule has 1 fully saturated rings. The van der Waals surface area contributed by atoms with Crippen molar-refractivity contribution in [2.45, 2.75) is 6.42 Å². The van der Waals surface area contributed by atoms with E-state index in [9.17, 15) is 16.8 Å². The third-order valence-corrected chi connectivity index (χ3v) is 6.99. The third kappa shape index (κ3) is 3.93. The van der Waals surface area contributed by atoms with Gasteiger partial charge in [-0.3, -0.25) is 0 Å². The zero-order chi connectivity index (χ0) is 13.1. The first-order valence-corrected chi connectivity index (χ1v) is 9.20. The van der Waals surface area contributed by atoms with Gasteiger partial charge in [-0.1, -0.05) is 0 Å². The van der Waals surface area contributed by atoms with Crippen LogP contribution in [0.4, 0.5) is 0 Å². The molecule has 0 radical (unpaired) electrons. The number of hydrogen-bond donors (Lipinski definition) is 0. The van der Waals surface area contributed by atoms with Crippen molar-refractivity contribution in [3.05, 3.63) is 0 Å². The van der Waals surface area contributed by atoms with Crippen LogP contribution in [0.1, 0.15) is 6.42 Å². The minimum Gasteiger partial charge on any atom is -0.211 e. The Morgan fingerprint density at radius 2 is 1.12 bits per heavy atom. The molecule has 0 N–H and O–H groups in total. The van der Waals surface area contributed by atoms with Crippen molar-refractivity contribution in [2.75, 3.05) is 36.6 Å². The normalized spacial score (nSPS) is 21.3. The van der Waals surface area contributed by atoms with Crippen LogP contribution >= 0.6 is 23.2 Å². The van der Waals surface area contributed by atoms with Gasteiger partial charge in [0.2, 0.25) is 20.0 Å². The van der Waals surface area contributed by atoms with Crippen molar-refractivity contribution in [3.8, 4) is 0 Å². The molecule has 102 valence electrons. The summed E-state index contributed by atoms with van der Waals surface area (Å²) >= 11 is 10.7. The number of halogens is 2. The van der Waals surface area contributed by atoms with Crippen LogP contribution in [0.25, 0.3) is 0 Å². The molecule has 1 aliphatic heterocycles. The predicted molar refractivity (Wildman–Crippen MR) is 67.0 cm³/mol. The molecule has 10 heteroatoms. The molecule has 0 aromatic carbocycles. The van der Waals surface area contributed by atoms with Crippen LogP contribution < -0.4 is 0 Å². The Labute approximate surface area is 112 Å². The van der Waals surface area contributed by atoms with Gasteiger partial charge in [-0.2, -0.15) is 8.61 Å². The Hall–Kier alpha value is 0.400. The summed E-state index contributed by atoms with van der Waals surface area (Å²) in [5, 5.41) is -0.982. The van der Waals surface area contributed by atoms with Gasteiger partial charge in [-0.15, -0.1) is 23.2 Å². The smallest absolute Gasteiger partial charge is 0.211 e. The second kappa shape index (κ2) is 6.03. The van der Waals surface area contributed by atoms with E-state index in [0.717, 1.165) is 0 Å². The summed E-state index contributed by atoms with van der Waals surface area (Å²) in [5.41, 5.74) is 0. The van der Waals surface area contributed by atoms with Crippen LogP contribution in [0.15, 0.2) is 0 Å². The van der Waals surface area contributed by atoms with E-state index >= 15 is 0 Å². The average Bonchev–Trinajstić information content (AvgIpc) is 2.55. The topological polar surface area (TPSA) is 74.8 Å². The van der Waals surface area contributed by atoms with Gasteiger partial charge in [0, 0.05) is 26.2 Å². The highest BCUT2D eigenvalue weighted by Gasteiger charge is 2.28. The molecule has 1 saturated heterocycles. The quantitative estimate of drug-likeness (QED) is 0.685. The van der Waals surface area contributed by atoms with E-state index in [0.29, 0.717) is 6.42 Å². The molecule has 1 heterocycles. The number of rotatable bonds is 4. The first kappa shape index (κ1) is 15.5. The molecular formula is C7H14Cl2N2O4S2. The SMILES string of the molecule is O=S(=O)(CCl)N1CCCN(S(=O)(=O)CCl)CC1. The van der Waals surface area contributed by atoms with Gasteiger partial charge >= 0.3 is 0 Å². The molecule has 17 heavy (non-hydrogen) atoms. The zero-order valence-corrected chi connectivity index (χ0v) is 12.2. The van der Waals surface area contributed by atoms with E-state index in [1.54, 1.807) is 0 Å². The van der Waals surface area contributed by atoms with E-state index in [2.05, 4.69) is 0 Å². The fourth-order valence-corrected chi connectivity index (χ4v) is 4.20. The fraction of sp³-hybridized carbons (Fsp3) is 1.00. The lowest BCUT2D eigenvalue weighted by molar-refractivity contribution is 0.407. The summed E-state index contributed by atoms with van der Waals surface area (Å²) in [6.07, 6.45) is 0.437. The number of alkyl halides is 2. The Balaban J connectivity index is 2.76. The summed E-state index contributed by atoms with van der Waals surface area (Å²) in [4.78, 5) is 0. The summed E-state index contributed by atoms with van der Waals surface area (Å²) in [7, 11) is -6.95. The van der Waals surface area contributed by atoms with Gasteiger partial charge in [0.25, 0.3) is 0 Å². The minimum absolute atomic E-state index is 0.116. The minimum atomic E-state index is -3.48. The van der Waals surface area contributed by atoms with Crippen LogP contribution in [0, 0.1) is 0 Å². The van der Waals surface area contributed by atoms with Crippen LogP contribution in [0.5, 0.6) is 0 Å². The van der Waals surface area contributed by atoms with Gasteiger partial charge in [-0.05, 0) is 6.42 Å². The Morgan fingerprint density at radius 3 is 1.41 bits per heavy atom. The monoisotopic (exact) mass is 324 g/mol. The highest BCUT2D eigenvalue weighted by Crippen LogP contribution is 2.13. The van der Waals surface area contributed by atoms with Gasteiger partial charge < -0.3 is 0 Å². The van der Waals surface area contributed by atoms with E-state index < -0.39 is 30.5 Å². The molecule has 0 spiro atoms. The van der Waals surface area contributed by atoms with Gasteiger partial charge in [-0.25, -0.2) is 16.8 Å². The number of hydrogen-bond acceptors (Lipinski definition) is 4. The lowest BCUT2D eigenvalue weighted by Gasteiger charge is -2.19. The molecule has 0 saturated carbocycles. The first-order valence-electron chi connectivity index (χ1n) is 4.91. The molecule has 0 aromatic heterocycles. The number of nitrogens with zero attached hydrogens (tertiary/aromatic N) is 2. The van der Waals surface area contributed by atoms with Gasteiger partial charge in [0.05, 0.1) is 0 Å². The second-order valence-electron chi connectivity index (χ2n) is 3.59.